The van der Waals surface area contributed by atoms with Gasteiger partial charge >= 0.3 is 5.97 Å². The van der Waals surface area contributed by atoms with Gasteiger partial charge in [-0.15, -0.1) is 0 Å². The minimum absolute atomic E-state index is 0.301. The van der Waals surface area contributed by atoms with E-state index in [4.69, 9.17) is 25.8 Å². The lowest BCUT2D eigenvalue weighted by Gasteiger charge is -2.19. The SMILES string of the molecule is COC=C(C(=O)OC)c1ccccc1C(C)Oc1cccc(Cl)c1. The highest BCUT2D eigenvalue weighted by Crippen LogP contribution is 2.30. The van der Waals surface area contributed by atoms with Gasteiger partial charge in [-0.1, -0.05) is 41.9 Å². The molecule has 0 aliphatic carbocycles. The van der Waals surface area contributed by atoms with Crippen molar-refractivity contribution in [3.05, 3.63) is 70.9 Å². The van der Waals surface area contributed by atoms with Crippen LogP contribution in [0.4, 0.5) is 0 Å². The van der Waals surface area contributed by atoms with E-state index < -0.39 is 5.97 Å². The molecule has 0 bridgehead atoms. The highest BCUT2D eigenvalue weighted by Gasteiger charge is 2.20. The van der Waals surface area contributed by atoms with Gasteiger partial charge in [-0.25, -0.2) is 4.79 Å². The molecule has 0 saturated carbocycles. The molecule has 0 aliphatic heterocycles. The Labute approximate surface area is 146 Å². The molecule has 1 unspecified atom stereocenters. The number of hydrogen-bond donors (Lipinski definition) is 0. The van der Waals surface area contributed by atoms with Crippen LogP contribution in [0.1, 0.15) is 24.2 Å². The van der Waals surface area contributed by atoms with Gasteiger partial charge in [0.2, 0.25) is 0 Å². The van der Waals surface area contributed by atoms with Crippen LogP contribution in [0.3, 0.4) is 0 Å². The van der Waals surface area contributed by atoms with Crippen LogP contribution in [0.5, 0.6) is 5.75 Å². The van der Waals surface area contributed by atoms with Crippen molar-refractivity contribution in [1.82, 2.24) is 0 Å². The molecule has 4 nitrogen and oxygen atoms in total. The summed E-state index contributed by atoms with van der Waals surface area (Å²) in [6.07, 6.45) is 1.07. The van der Waals surface area contributed by atoms with E-state index >= 15 is 0 Å². The molecule has 0 heterocycles. The summed E-state index contributed by atoms with van der Waals surface area (Å²) >= 11 is 5.99. The molecule has 1 atom stereocenters. The molecule has 0 N–H and O–H groups in total. The molecular formula is C19H19ClO4. The van der Waals surface area contributed by atoms with Gasteiger partial charge in [0.25, 0.3) is 0 Å². The van der Waals surface area contributed by atoms with Crippen molar-refractivity contribution >= 4 is 23.1 Å². The molecule has 0 radical (unpaired) electrons. The van der Waals surface area contributed by atoms with Crippen LogP contribution in [-0.4, -0.2) is 20.2 Å². The van der Waals surface area contributed by atoms with Crippen molar-refractivity contribution in [2.24, 2.45) is 0 Å². The molecule has 0 aliphatic rings. The first-order chi connectivity index (χ1) is 11.6. The van der Waals surface area contributed by atoms with E-state index in [9.17, 15) is 4.79 Å². The number of rotatable bonds is 6. The number of carbonyl (C=O) groups is 1. The number of benzene rings is 2. The lowest BCUT2D eigenvalue weighted by molar-refractivity contribution is -0.133. The van der Waals surface area contributed by atoms with Gasteiger partial charge in [0.1, 0.15) is 17.4 Å². The zero-order valence-electron chi connectivity index (χ0n) is 13.8. The third-order valence-corrected chi connectivity index (χ3v) is 3.67. The Kier molecular flexibility index (Phi) is 6.27. The fourth-order valence-corrected chi connectivity index (χ4v) is 2.53. The summed E-state index contributed by atoms with van der Waals surface area (Å²) in [6, 6.07) is 14.6. The fraction of sp³-hybridized carbons (Fsp3) is 0.211. The predicted octanol–water partition coefficient (Wildman–Crippen LogP) is 4.64. The number of methoxy groups -OCH3 is 2. The zero-order valence-corrected chi connectivity index (χ0v) is 14.5. The van der Waals surface area contributed by atoms with Crippen molar-refractivity contribution in [3.8, 4) is 5.75 Å². The van der Waals surface area contributed by atoms with E-state index in [0.29, 0.717) is 21.9 Å². The summed E-state index contributed by atoms with van der Waals surface area (Å²) in [7, 11) is 2.82. The van der Waals surface area contributed by atoms with Crippen LogP contribution >= 0.6 is 11.6 Å². The van der Waals surface area contributed by atoms with Gasteiger partial charge in [0.05, 0.1) is 20.5 Å². The molecule has 0 fully saturated rings. The number of ether oxygens (including phenoxy) is 3. The number of halogens is 1. The molecule has 2 aromatic rings. The second-order valence-corrected chi connectivity index (χ2v) is 5.50. The maximum Gasteiger partial charge on any atom is 0.341 e. The Bertz CT molecular complexity index is 740. The predicted molar refractivity (Wildman–Crippen MR) is 93.9 cm³/mol. The Balaban J connectivity index is 2.37. The molecule has 2 aromatic carbocycles. The molecule has 24 heavy (non-hydrogen) atoms. The van der Waals surface area contributed by atoms with Crippen molar-refractivity contribution in [2.45, 2.75) is 13.0 Å². The molecule has 0 spiro atoms. The summed E-state index contributed by atoms with van der Waals surface area (Å²) in [4.78, 5) is 12.1. The number of hydrogen-bond acceptors (Lipinski definition) is 4. The molecular weight excluding hydrogens is 328 g/mol. The van der Waals surface area contributed by atoms with E-state index in [-0.39, 0.29) is 6.10 Å². The second kappa shape index (κ2) is 8.41. The van der Waals surface area contributed by atoms with Crippen LogP contribution in [0.25, 0.3) is 5.57 Å². The smallest absolute Gasteiger partial charge is 0.341 e. The highest BCUT2D eigenvalue weighted by atomic mass is 35.5. The van der Waals surface area contributed by atoms with E-state index in [1.807, 2.05) is 43.3 Å². The Morgan fingerprint density at radius 1 is 1.12 bits per heavy atom. The van der Waals surface area contributed by atoms with Gasteiger partial charge in [-0.05, 0) is 30.7 Å². The van der Waals surface area contributed by atoms with E-state index in [1.165, 1.54) is 20.5 Å². The molecule has 0 amide bonds. The first-order valence-electron chi connectivity index (χ1n) is 7.39. The third-order valence-electron chi connectivity index (χ3n) is 3.44. The van der Waals surface area contributed by atoms with Crippen LogP contribution in [0.2, 0.25) is 5.02 Å². The van der Waals surface area contributed by atoms with Crippen LogP contribution < -0.4 is 4.74 Å². The standard InChI is InChI=1S/C19H19ClO4/c1-13(24-15-8-6-7-14(20)11-15)16-9-4-5-10-17(16)18(12-22-2)19(21)23-3/h4-13H,1-3H3. The van der Waals surface area contributed by atoms with Gasteiger partial charge in [-0.3, -0.25) is 0 Å². The maximum atomic E-state index is 12.1. The quantitative estimate of drug-likeness (QED) is 0.434. The fourth-order valence-electron chi connectivity index (χ4n) is 2.35. The monoisotopic (exact) mass is 346 g/mol. The normalized spacial score (nSPS) is 12.4. The zero-order chi connectivity index (χ0) is 17.5. The van der Waals surface area contributed by atoms with Gasteiger partial charge in [0, 0.05) is 10.6 Å². The molecule has 5 heteroatoms. The Morgan fingerprint density at radius 2 is 1.88 bits per heavy atom. The summed E-state index contributed by atoms with van der Waals surface area (Å²) in [6.45, 7) is 1.90. The number of esters is 1. The van der Waals surface area contributed by atoms with Crippen LogP contribution in [-0.2, 0) is 14.3 Å². The van der Waals surface area contributed by atoms with Gasteiger partial charge in [-0.2, -0.15) is 0 Å². The highest BCUT2D eigenvalue weighted by molar-refractivity contribution is 6.30. The van der Waals surface area contributed by atoms with Crippen molar-refractivity contribution in [1.29, 1.82) is 0 Å². The van der Waals surface area contributed by atoms with E-state index in [0.717, 1.165) is 5.56 Å². The molecule has 2 rings (SSSR count). The third kappa shape index (κ3) is 4.30. The van der Waals surface area contributed by atoms with Crippen molar-refractivity contribution < 1.29 is 19.0 Å². The van der Waals surface area contributed by atoms with Crippen LogP contribution in [0, 0.1) is 0 Å². The summed E-state index contributed by atoms with van der Waals surface area (Å²) in [5, 5.41) is 0.600. The minimum Gasteiger partial charge on any atom is -0.503 e. The number of carbonyl (C=O) groups excluding carboxylic acids is 1. The minimum atomic E-state index is -0.473. The van der Waals surface area contributed by atoms with Crippen LogP contribution in [0.15, 0.2) is 54.8 Å². The van der Waals surface area contributed by atoms with Gasteiger partial charge < -0.3 is 14.2 Å². The largest absolute Gasteiger partial charge is 0.503 e. The lowest BCUT2D eigenvalue weighted by atomic mass is 9.97. The molecule has 0 saturated heterocycles. The first kappa shape index (κ1) is 17.9. The average Bonchev–Trinajstić information content (AvgIpc) is 2.59. The topological polar surface area (TPSA) is 44.8 Å². The maximum absolute atomic E-state index is 12.1. The van der Waals surface area contributed by atoms with Crippen molar-refractivity contribution in [2.75, 3.05) is 14.2 Å². The summed E-state index contributed by atoms with van der Waals surface area (Å²) in [5.74, 6) is 0.180. The Morgan fingerprint density at radius 3 is 2.54 bits per heavy atom. The van der Waals surface area contributed by atoms with Crippen molar-refractivity contribution in [3.63, 3.8) is 0 Å². The van der Waals surface area contributed by atoms with Gasteiger partial charge in [0.15, 0.2) is 0 Å². The Hall–Kier alpha value is -2.46. The second-order valence-electron chi connectivity index (χ2n) is 5.06. The molecule has 0 aromatic heterocycles. The van der Waals surface area contributed by atoms with E-state index in [2.05, 4.69) is 0 Å². The summed E-state index contributed by atoms with van der Waals surface area (Å²) < 4.78 is 15.8. The van der Waals surface area contributed by atoms with E-state index in [1.54, 1.807) is 12.1 Å². The molecule has 126 valence electrons. The lowest BCUT2D eigenvalue weighted by Crippen LogP contribution is -2.11. The first-order valence-corrected chi connectivity index (χ1v) is 7.77. The average molecular weight is 347 g/mol. The summed E-state index contributed by atoms with van der Waals surface area (Å²) in [5.41, 5.74) is 1.86.